The van der Waals surface area contributed by atoms with E-state index >= 15 is 0 Å². The predicted molar refractivity (Wildman–Crippen MR) is 97.6 cm³/mol. The summed E-state index contributed by atoms with van der Waals surface area (Å²) in [6.07, 6.45) is 0.787. The first-order valence-electron chi connectivity index (χ1n) is 7.67. The molecule has 1 aromatic carbocycles. The third-order valence-corrected chi connectivity index (χ3v) is 4.02. The van der Waals surface area contributed by atoms with Crippen molar-refractivity contribution in [1.82, 2.24) is 15.3 Å². The lowest BCUT2D eigenvalue weighted by Gasteiger charge is -2.10. The Morgan fingerprint density at radius 2 is 2.00 bits per heavy atom. The number of hydrogen-bond acceptors (Lipinski definition) is 5. The maximum atomic E-state index is 12.2. The van der Waals surface area contributed by atoms with Crippen LogP contribution in [0.1, 0.15) is 28.3 Å². The van der Waals surface area contributed by atoms with Gasteiger partial charge in [-0.2, -0.15) is 0 Å². The molecule has 0 radical (unpaired) electrons. The van der Waals surface area contributed by atoms with Crippen LogP contribution in [-0.2, 0) is 0 Å². The molecule has 0 fully saturated rings. The first-order valence-corrected chi connectivity index (χ1v) is 8.47. The summed E-state index contributed by atoms with van der Waals surface area (Å²) < 4.78 is 5.89. The molecule has 0 unspecified atom stereocenters. The first-order chi connectivity index (χ1) is 11.5. The number of methoxy groups -OCH3 is 1. The largest absolute Gasteiger partial charge is 0.497 e. The molecule has 0 saturated carbocycles. The van der Waals surface area contributed by atoms with Gasteiger partial charge in [0.05, 0.1) is 12.7 Å². The number of hydrogen-bond donors (Lipinski definition) is 2. The van der Waals surface area contributed by atoms with Crippen molar-refractivity contribution in [2.24, 2.45) is 0 Å². The monoisotopic (exact) mass is 392 g/mol. The van der Waals surface area contributed by atoms with Gasteiger partial charge in [0.2, 0.25) is 0 Å². The number of carbonyl (C=O) groups excluding carboxylic acids is 1. The minimum Gasteiger partial charge on any atom is -0.497 e. The number of halogens is 1. The Labute approximate surface area is 150 Å². The molecule has 0 aliphatic rings. The van der Waals surface area contributed by atoms with Crippen LogP contribution in [0, 0.1) is 13.8 Å². The van der Waals surface area contributed by atoms with Crippen LogP contribution < -0.4 is 15.4 Å². The molecule has 2 rings (SSSR count). The zero-order valence-corrected chi connectivity index (χ0v) is 15.6. The summed E-state index contributed by atoms with van der Waals surface area (Å²) in [5, 5.41) is 6.14. The highest BCUT2D eigenvalue weighted by Crippen LogP contribution is 2.22. The van der Waals surface area contributed by atoms with Crippen molar-refractivity contribution in [2.75, 3.05) is 25.5 Å². The number of carbonyl (C=O) groups is 1. The molecule has 0 aliphatic carbocycles. The molecule has 128 valence electrons. The van der Waals surface area contributed by atoms with Crippen LogP contribution in [0.4, 0.5) is 5.82 Å². The molecule has 0 aliphatic heterocycles. The van der Waals surface area contributed by atoms with Gasteiger partial charge >= 0.3 is 0 Å². The van der Waals surface area contributed by atoms with Crippen LogP contribution in [0.5, 0.6) is 5.75 Å². The molecule has 0 saturated heterocycles. The molecule has 1 amide bonds. The van der Waals surface area contributed by atoms with Crippen molar-refractivity contribution in [3.05, 3.63) is 45.8 Å². The van der Waals surface area contributed by atoms with E-state index in [0.29, 0.717) is 17.9 Å². The van der Waals surface area contributed by atoms with E-state index in [-0.39, 0.29) is 5.91 Å². The number of ether oxygens (including phenoxy) is 1. The normalized spacial score (nSPS) is 10.3. The van der Waals surface area contributed by atoms with E-state index in [4.69, 9.17) is 4.74 Å². The second kappa shape index (κ2) is 8.63. The summed E-state index contributed by atoms with van der Waals surface area (Å²) in [4.78, 5) is 20.8. The lowest BCUT2D eigenvalue weighted by atomic mass is 10.2. The van der Waals surface area contributed by atoms with Gasteiger partial charge in [0.15, 0.2) is 0 Å². The topological polar surface area (TPSA) is 76.1 Å². The second-order valence-corrected chi connectivity index (χ2v) is 6.18. The van der Waals surface area contributed by atoms with E-state index in [0.717, 1.165) is 34.8 Å². The van der Waals surface area contributed by atoms with Crippen LogP contribution in [-0.4, -0.2) is 36.1 Å². The second-order valence-electron chi connectivity index (χ2n) is 5.32. The summed E-state index contributed by atoms with van der Waals surface area (Å²) in [5.41, 5.74) is 1.49. The van der Waals surface area contributed by atoms with Gasteiger partial charge in [-0.25, -0.2) is 9.97 Å². The van der Waals surface area contributed by atoms with E-state index in [1.807, 2.05) is 19.9 Å². The van der Waals surface area contributed by atoms with Gasteiger partial charge in [0.25, 0.3) is 5.91 Å². The standard InChI is InChI=1S/C17H21BrN4O2/c1-11-9-16(22-12(2)21-11)19-7-4-8-20-17(23)14-10-13(24-3)5-6-15(14)18/h5-6,9-10H,4,7-8H2,1-3H3,(H,20,23)(H,19,21,22). The molecule has 2 N–H and O–H groups in total. The molecule has 0 bridgehead atoms. The van der Waals surface area contributed by atoms with Crippen LogP contribution in [0.3, 0.4) is 0 Å². The SMILES string of the molecule is COc1ccc(Br)c(C(=O)NCCCNc2cc(C)nc(C)n2)c1. The molecule has 6 nitrogen and oxygen atoms in total. The van der Waals surface area contributed by atoms with E-state index in [1.165, 1.54) is 0 Å². The molecular weight excluding hydrogens is 372 g/mol. The Bertz CT molecular complexity index is 701. The Balaban J connectivity index is 1.79. The molecule has 0 atom stereocenters. The number of rotatable bonds is 7. The number of benzene rings is 1. The first kappa shape index (κ1) is 18.2. The lowest BCUT2D eigenvalue weighted by molar-refractivity contribution is 0.0952. The molecule has 7 heteroatoms. The van der Waals surface area contributed by atoms with Gasteiger partial charge in [-0.05, 0) is 54.4 Å². The van der Waals surface area contributed by atoms with Crippen molar-refractivity contribution in [1.29, 1.82) is 0 Å². The highest BCUT2D eigenvalue weighted by Gasteiger charge is 2.10. The van der Waals surface area contributed by atoms with Gasteiger partial charge in [0.1, 0.15) is 17.4 Å². The van der Waals surface area contributed by atoms with E-state index in [9.17, 15) is 4.79 Å². The number of amides is 1. The smallest absolute Gasteiger partial charge is 0.252 e. The quantitative estimate of drug-likeness (QED) is 0.707. The average molecular weight is 393 g/mol. The molecular formula is C17H21BrN4O2. The summed E-state index contributed by atoms with van der Waals surface area (Å²) in [7, 11) is 1.58. The maximum absolute atomic E-state index is 12.2. The van der Waals surface area contributed by atoms with Gasteiger partial charge in [0, 0.05) is 29.3 Å². The van der Waals surface area contributed by atoms with Crippen molar-refractivity contribution < 1.29 is 9.53 Å². The zero-order chi connectivity index (χ0) is 17.5. The number of aryl methyl sites for hydroxylation is 2. The number of aromatic nitrogens is 2. The summed E-state index contributed by atoms with van der Waals surface area (Å²) in [6.45, 7) is 5.09. The Kier molecular flexibility index (Phi) is 6.54. The van der Waals surface area contributed by atoms with Gasteiger partial charge in [-0.15, -0.1) is 0 Å². The number of nitrogens with one attached hydrogen (secondary N) is 2. The average Bonchev–Trinajstić information content (AvgIpc) is 2.54. The van der Waals surface area contributed by atoms with Crippen molar-refractivity contribution >= 4 is 27.7 Å². The van der Waals surface area contributed by atoms with Crippen LogP contribution in [0.15, 0.2) is 28.7 Å². The summed E-state index contributed by atoms with van der Waals surface area (Å²) in [5.74, 6) is 2.07. The van der Waals surface area contributed by atoms with E-state index < -0.39 is 0 Å². The van der Waals surface area contributed by atoms with Crippen molar-refractivity contribution in [3.63, 3.8) is 0 Å². The Hall–Kier alpha value is -2.15. The number of anilines is 1. The maximum Gasteiger partial charge on any atom is 0.252 e. The Morgan fingerprint density at radius 1 is 1.21 bits per heavy atom. The molecule has 1 heterocycles. The third kappa shape index (κ3) is 5.19. The molecule has 24 heavy (non-hydrogen) atoms. The fourth-order valence-corrected chi connectivity index (χ4v) is 2.64. The van der Waals surface area contributed by atoms with Crippen LogP contribution >= 0.6 is 15.9 Å². The fraction of sp³-hybridized carbons (Fsp3) is 0.353. The third-order valence-electron chi connectivity index (χ3n) is 3.33. The summed E-state index contributed by atoms with van der Waals surface area (Å²) in [6, 6.07) is 7.22. The predicted octanol–water partition coefficient (Wildman–Crippen LogP) is 3.10. The van der Waals surface area contributed by atoms with Gasteiger partial charge in [-0.3, -0.25) is 4.79 Å². The molecule has 0 spiro atoms. The van der Waals surface area contributed by atoms with Crippen molar-refractivity contribution in [2.45, 2.75) is 20.3 Å². The minimum atomic E-state index is -0.130. The molecule has 2 aromatic rings. The summed E-state index contributed by atoms with van der Waals surface area (Å²) >= 11 is 3.38. The molecule has 1 aromatic heterocycles. The van der Waals surface area contributed by atoms with Gasteiger partial charge < -0.3 is 15.4 Å². The van der Waals surface area contributed by atoms with Crippen LogP contribution in [0.2, 0.25) is 0 Å². The van der Waals surface area contributed by atoms with E-state index in [1.54, 1.807) is 25.3 Å². The zero-order valence-electron chi connectivity index (χ0n) is 14.0. The van der Waals surface area contributed by atoms with Gasteiger partial charge in [-0.1, -0.05) is 0 Å². The van der Waals surface area contributed by atoms with Crippen molar-refractivity contribution in [3.8, 4) is 5.75 Å². The van der Waals surface area contributed by atoms with E-state index in [2.05, 4.69) is 36.5 Å². The van der Waals surface area contributed by atoms with Crippen LogP contribution in [0.25, 0.3) is 0 Å². The highest BCUT2D eigenvalue weighted by molar-refractivity contribution is 9.10. The Morgan fingerprint density at radius 3 is 2.71 bits per heavy atom. The lowest BCUT2D eigenvalue weighted by Crippen LogP contribution is -2.26. The number of nitrogens with zero attached hydrogens (tertiary/aromatic N) is 2. The minimum absolute atomic E-state index is 0.130. The highest BCUT2D eigenvalue weighted by atomic mass is 79.9. The fourth-order valence-electron chi connectivity index (χ4n) is 2.21.